The fraction of sp³-hybridized carbons (Fsp3) is 0.452. The predicted octanol–water partition coefficient (Wildman–Crippen LogP) is 5.24. The van der Waals surface area contributed by atoms with Gasteiger partial charge in [0.2, 0.25) is 11.8 Å². The summed E-state index contributed by atoms with van der Waals surface area (Å²) in [6.45, 7) is 2.55. The average molecular weight is 499 g/mol. The molecule has 0 bridgehead atoms. The highest BCUT2D eigenvalue weighted by molar-refractivity contribution is 5.90. The summed E-state index contributed by atoms with van der Waals surface area (Å²) < 4.78 is 0. The van der Waals surface area contributed by atoms with Crippen molar-refractivity contribution in [1.82, 2.24) is 20.5 Å². The van der Waals surface area contributed by atoms with Gasteiger partial charge in [-0.05, 0) is 79.6 Å². The number of fused-ring (bicyclic) bond motifs is 1. The predicted molar refractivity (Wildman–Crippen MR) is 148 cm³/mol. The molecule has 1 aliphatic carbocycles. The topological polar surface area (TPSA) is 74.3 Å². The lowest BCUT2D eigenvalue weighted by atomic mass is 9.83. The quantitative estimate of drug-likeness (QED) is 0.467. The number of hydrogen-bond acceptors (Lipinski definition) is 4. The fourth-order valence-electron chi connectivity index (χ4n) is 5.98. The highest BCUT2D eigenvalue weighted by Gasteiger charge is 2.39. The van der Waals surface area contributed by atoms with Crippen LogP contribution in [0.25, 0.3) is 21.9 Å². The number of carbonyl (C=O) groups is 2. The van der Waals surface area contributed by atoms with Crippen molar-refractivity contribution < 1.29 is 9.59 Å². The zero-order valence-corrected chi connectivity index (χ0v) is 22.0. The summed E-state index contributed by atoms with van der Waals surface area (Å²) in [4.78, 5) is 33.5. The lowest BCUT2D eigenvalue weighted by Gasteiger charge is -2.35. The number of aromatic nitrogens is 1. The Morgan fingerprint density at radius 1 is 0.919 bits per heavy atom. The van der Waals surface area contributed by atoms with E-state index in [1.807, 2.05) is 24.2 Å². The van der Waals surface area contributed by atoms with E-state index in [-0.39, 0.29) is 29.8 Å². The maximum Gasteiger partial charge on any atom is 0.245 e. The van der Waals surface area contributed by atoms with Gasteiger partial charge >= 0.3 is 0 Å². The van der Waals surface area contributed by atoms with E-state index in [1.54, 1.807) is 7.05 Å². The van der Waals surface area contributed by atoms with Gasteiger partial charge in [-0.25, -0.2) is 0 Å². The summed E-state index contributed by atoms with van der Waals surface area (Å²) in [7, 11) is 1.77. The van der Waals surface area contributed by atoms with E-state index in [0.29, 0.717) is 6.54 Å². The SMILES string of the molecule is CN[C@@H](C)C(=O)N[C@H](C(=O)N1CCC[C@H]1c1cncc(-c2ccc3ccccc3c2)c1)C1CCCCC1. The minimum atomic E-state index is -0.471. The van der Waals surface area contributed by atoms with E-state index in [9.17, 15) is 9.59 Å². The molecule has 2 amide bonds. The lowest BCUT2D eigenvalue weighted by Crippen LogP contribution is -2.55. The summed E-state index contributed by atoms with van der Waals surface area (Å²) >= 11 is 0. The van der Waals surface area contributed by atoms with Crippen LogP contribution in [0.3, 0.4) is 0 Å². The second-order valence-electron chi connectivity index (χ2n) is 10.7. The molecule has 3 atom stereocenters. The van der Waals surface area contributed by atoms with Crippen LogP contribution < -0.4 is 10.6 Å². The second kappa shape index (κ2) is 11.4. The fourth-order valence-corrected chi connectivity index (χ4v) is 5.98. The van der Waals surface area contributed by atoms with Gasteiger partial charge in [-0.2, -0.15) is 0 Å². The molecule has 2 N–H and O–H groups in total. The van der Waals surface area contributed by atoms with Crippen LogP contribution in [0.5, 0.6) is 0 Å². The van der Waals surface area contributed by atoms with Gasteiger partial charge in [-0.15, -0.1) is 0 Å². The summed E-state index contributed by atoms with van der Waals surface area (Å²) in [5.74, 6) is 0.141. The Morgan fingerprint density at radius 2 is 1.70 bits per heavy atom. The molecule has 6 heteroatoms. The molecular weight excluding hydrogens is 460 g/mol. The number of rotatable bonds is 7. The molecule has 37 heavy (non-hydrogen) atoms. The van der Waals surface area contributed by atoms with Crippen LogP contribution >= 0.6 is 0 Å². The molecule has 2 aliphatic rings. The molecule has 1 aromatic heterocycles. The average Bonchev–Trinajstić information content (AvgIpc) is 3.45. The minimum Gasteiger partial charge on any atom is -0.343 e. The van der Waals surface area contributed by atoms with Crippen molar-refractivity contribution in [3.8, 4) is 11.1 Å². The number of amides is 2. The molecule has 194 valence electrons. The van der Waals surface area contributed by atoms with Crippen LogP contribution in [0.4, 0.5) is 0 Å². The van der Waals surface area contributed by atoms with Gasteiger partial charge in [-0.3, -0.25) is 14.6 Å². The third-order valence-electron chi connectivity index (χ3n) is 8.27. The molecule has 0 radical (unpaired) electrons. The van der Waals surface area contributed by atoms with Gasteiger partial charge in [-0.1, -0.05) is 55.7 Å². The smallest absolute Gasteiger partial charge is 0.245 e. The molecule has 3 aromatic rings. The van der Waals surface area contributed by atoms with Gasteiger partial charge in [0.15, 0.2) is 0 Å². The highest BCUT2D eigenvalue weighted by atomic mass is 16.2. The normalized spacial score (nSPS) is 20.1. The molecule has 0 spiro atoms. The van der Waals surface area contributed by atoms with E-state index in [4.69, 9.17) is 0 Å². The van der Waals surface area contributed by atoms with Crippen molar-refractivity contribution in [3.05, 3.63) is 66.5 Å². The van der Waals surface area contributed by atoms with Crippen LogP contribution in [-0.4, -0.2) is 47.4 Å². The summed E-state index contributed by atoms with van der Waals surface area (Å²) in [6, 6.07) is 16.2. The van der Waals surface area contributed by atoms with Gasteiger partial charge in [0.1, 0.15) is 6.04 Å². The molecule has 2 heterocycles. The van der Waals surface area contributed by atoms with Crippen molar-refractivity contribution in [2.75, 3.05) is 13.6 Å². The van der Waals surface area contributed by atoms with E-state index in [0.717, 1.165) is 55.2 Å². The first-order valence-electron chi connectivity index (χ1n) is 13.8. The Hall–Kier alpha value is -3.25. The summed E-state index contributed by atoms with van der Waals surface area (Å²) in [5, 5.41) is 8.55. The molecule has 2 fully saturated rings. The third-order valence-corrected chi connectivity index (χ3v) is 8.27. The standard InChI is InChI=1S/C31H38N4O2/c1-21(32-2)30(36)34-29(23-10-4-3-5-11-23)31(37)35-16-8-13-28(35)27-18-26(19-33-20-27)25-15-14-22-9-6-7-12-24(22)17-25/h6-7,9,12,14-15,17-21,23,28-29,32H,3-5,8,10-11,13,16H2,1-2H3,(H,34,36)/t21-,28-,29-/m0/s1. The largest absolute Gasteiger partial charge is 0.343 e. The molecule has 5 rings (SSSR count). The van der Waals surface area contributed by atoms with Crippen LogP contribution in [-0.2, 0) is 9.59 Å². The Labute approximate surface area is 219 Å². The third kappa shape index (κ3) is 5.54. The van der Waals surface area contributed by atoms with Crippen molar-refractivity contribution in [1.29, 1.82) is 0 Å². The van der Waals surface area contributed by atoms with Gasteiger partial charge in [0.25, 0.3) is 0 Å². The number of nitrogens with zero attached hydrogens (tertiary/aromatic N) is 2. The van der Waals surface area contributed by atoms with Crippen molar-refractivity contribution in [2.45, 2.75) is 70.0 Å². The monoisotopic (exact) mass is 498 g/mol. The number of nitrogens with one attached hydrogen (secondary N) is 2. The molecule has 6 nitrogen and oxygen atoms in total. The lowest BCUT2D eigenvalue weighted by molar-refractivity contribution is -0.139. The summed E-state index contributed by atoms with van der Waals surface area (Å²) in [6.07, 6.45) is 11.1. The first-order valence-corrected chi connectivity index (χ1v) is 13.8. The Morgan fingerprint density at radius 3 is 2.49 bits per heavy atom. The number of benzene rings is 2. The number of likely N-dealkylation sites (N-methyl/N-ethyl adjacent to an activating group) is 1. The van der Waals surface area contributed by atoms with E-state index in [1.165, 1.54) is 17.2 Å². The van der Waals surface area contributed by atoms with Crippen LogP contribution in [0.2, 0.25) is 0 Å². The van der Waals surface area contributed by atoms with Gasteiger partial charge in [0.05, 0.1) is 12.1 Å². The minimum absolute atomic E-state index is 0.0230. The van der Waals surface area contributed by atoms with Gasteiger partial charge in [0, 0.05) is 24.5 Å². The van der Waals surface area contributed by atoms with Crippen LogP contribution in [0, 0.1) is 5.92 Å². The number of likely N-dealkylation sites (tertiary alicyclic amines) is 1. The molecular formula is C31H38N4O2. The molecule has 2 aromatic carbocycles. The second-order valence-corrected chi connectivity index (χ2v) is 10.7. The first-order chi connectivity index (χ1) is 18.0. The molecule has 1 saturated carbocycles. The maximum absolute atomic E-state index is 14.0. The highest BCUT2D eigenvalue weighted by Crippen LogP contribution is 2.36. The zero-order valence-electron chi connectivity index (χ0n) is 22.0. The first kappa shape index (κ1) is 25.4. The number of carbonyl (C=O) groups excluding carboxylic acids is 2. The molecule has 0 unspecified atom stereocenters. The maximum atomic E-state index is 14.0. The number of pyridine rings is 1. The Balaban J connectivity index is 1.40. The van der Waals surface area contributed by atoms with Gasteiger partial charge < -0.3 is 15.5 Å². The number of hydrogen-bond donors (Lipinski definition) is 2. The van der Waals surface area contributed by atoms with Crippen molar-refractivity contribution >= 4 is 22.6 Å². The Kier molecular flexibility index (Phi) is 7.85. The van der Waals surface area contributed by atoms with Crippen LogP contribution in [0.15, 0.2) is 60.9 Å². The molecule has 1 aliphatic heterocycles. The molecule has 1 saturated heterocycles. The van der Waals surface area contributed by atoms with E-state index < -0.39 is 6.04 Å². The zero-order chi connectivity index (χ0) is 25.8. The van der Waals surface area contributed by atoms with Crippen LogP contribution in [0.1, 0.15) is 63.5 Å². The van der Waals surface area contributed by atoms with Crippen molar-refractivity contribution in [2.24, 2.45) is 5.92 Å². The van der Waals surface area contributed by atoms with E-state index in [2.05, 4.69) is 64.1 Å². The van der Waals surface area contributed by atoms with Crippen molar-refractivity contribution in [3.63, 3.8) is 0 Å². The van der Waals surface area contributed by atoms with E-state index >= 15 is 0 Å². The summed E-state index contributed by atoms with van der Waals surface area (Å²) in [5.41, 5.74) is 3.24. The Bertz CT molecular complexity index is 1250.